The van der Waals surface area contributed by atoms with E-state index in [1.807, 2.05) is 12.1 Å². The van der Waals surface area contributed by atoms with Gasteiger partial charge >= 0.3 is 5.35 Å². The molecule has 0 spiro atoms. The van der Waals surface area contributed by atoms with Crippen molar-refractivity contribution in [3.8, 4) is 11.5 Å². The van der Waals surface area contributed by atoms with Crippen molar-refractivity contribution < 1.29 is 4.42 Å². The Morgan fingerprint density at radius 1 is 1.06 bits per heavy atom. The Morgan fingerprint density at radius 3 is 2.12 bits per heavy atom. The Balaban J connectivity index is 2.33. The molecular formula is C12H13ClN2O. The molecule has 84 valence electrons. The number of halogens is 1. The van der Waals surface area contributed by atoms with E-state index in [4.69, 9.17) is 16.0 Å². The number of aromatic nitrogens is 2. The lowest BCUT2D eigenvalue weighted by Gasteiger charge is -2.18. The lowest BCUT2D eigenvalue weighted by molar-refractivity contribution is 0.570. The summed E-state index contributed by atoms with van der Waals surface area (Å²) in [7, 11) is 0. The maximum absolute atomic E-state index is 5.57. The molecule has 0 atom stereocenters. The van der Waals surface area contributed by atoms with Crippen LogP contribution in [0.25, 0.3) is 11.5 Å². The Kier molecular flexibility index (Phi) is 2.72. The summed E-state index contributed by atoms with van der Waals surface area (Å²) in [6.07, 6.45) is 0. The average molecular weight is 237 g/mol. The van der Waals surface area contributed by atoms with E-state index >= 15 is 0 Å². The summed E-state index contributed by atoms with van der Waals surface area (Å²) in [5.74, 6) is 0.449. The van der Waals surface area contributed by atoms with Gasteiger partial charge in [-0.25, -0.2) is 0 Å². The monoisotopic (exact) mass is 236 g/mol. The molecule has 0 aliphatic heterocycles. The molecule has 0 unspecified atom stereocenters. The van der Waals surface area contributed by atoms with Gasteiger partial charge in [0.1, 0.15) is 0 Å². The van der Waals surface area contributed by atoms with E-state index in [0.29, 0.717) is 5.89 Å². The van der Waals surface area contributed by atoms with Gasteiger partial charge in [0.2, 0.25) is 5.89 Å². The second-order valence-corrected chi connectivity index (χ2v) is 5.01. The first kappa shape index (κ1) is 11.1. The van der Waals surface area contributed by atoms with E-state index in [2.05, 4.69) is 43.1 Å². The molecule has 0 N–H and O–H groups in total. The largest absolute Gasteiger partial charge is 0.407 e. The summed E-state index contributed by atoms with van der Waals surface area (Å²) in [5, 5.41) is 7.51. The van der Waals surface area contributed by atoms with Gasteiger partial charge in [0.05, 0.1) is 0 Å². The molecule has 1 heterocycles. The van der Waals surface area contributed by atoms with Gasteiger partial charge in [-0.15, -0.1) is 5.10 Å². The first-order valence-corrected chi connectivity index (χ1v) is 5.44. The highest BCUT2D eigenvalue weighted by molar-refractivity contribution is 6.27. The lowest BCUT2D eigenvalue weighted by atomic mass is 9.87. The van der Waals surface area contributed by atoms with Crippen LogP contribution in [0.1, 0.15) is 26.3 Å². The Hall–Kier alpha value is -1.35. The minimum Gasteiger partial charge on any atom is -0.407 e. The first-order chi connectivity index (χ1) is 7.47. The predicted octanol–water partition coefficient (Wildman–Crippen LogP) is 3.69. The molecule has 1 aromatic heterocycles. The molecular weight excluding hydrogens is 224 g/mol. The molecule has 4 heteroatoms. The first-order valence-electron chi connectivity index (χ1n) is 5.07. The minimum atomic E-state index is 0.0647. The van der Waals surface area contributed by atoms with Crippen molar-refractivity contribution >= 4 is 11.6 Å². The van der Waals surface area contributed by atoms with Gasteiger partial charge in [-0.1, -0.05) is 38.0 Å². The van der Waals surface area contributed by atoms with Crippen molar-refractivity contribution in [2.24, 2.45) is 0 Å². The molecule has 0 saturated carbocycles. The van der Waals surface area contributed by atoms with Crippen molar-refractivity contribution in [2.75, 3.05) is 0 Å². The maximum Gasteiger partial charge on any atom is 0.313 e. The van der Waals surface area contributed by atoms with E-state index in [9.17, 15) is 0 Å². The summed E-state index contributed by atoms with van der Waals surface area (Å²) in [6, 6.07) is 8.05. The SMILES string of the molecule is CC(C)(C)c1ccc(-c2nnc(Cl)o2)cc1. The highest BCUT2D eigenvalue weighted by atomic mass is 35.5. The van der Waals surface area contributed by atoms with Crippen LogP contribution < -0.4 is 0 Å². The van der Waals surface area contributed by atoms with Gasteiger partial charge in [0.25, 0.3) is 0 Å². The third-order valence-electron chi connectivity index (χ3n) is 2.40. The normalized spacial score (nSPS) is 11.8. The lowest BCUT2D eigenvalue weighted by Crippen LogP contribution is -2.10. The smallest absolute Gasteiger partial charge is 0.313 e. The zero-order chi connectivity index (χ0) is 11.8. The molecule has 0 aliphatic rings. The molecule has 0 saturated heterocycles. The topological polar surface area (TPSA) is 38.9 Å². The average Bonchev–Trinajstić information content (AvgIpc) is 2.64. The van der Waals surface area contributed by atoms with Crippen molar-refractivity contribution in [1.82, 2.24) is 10.2 Å². The highest BCUT2D eigenvalue weighted by Gasteiger charge is 2.14. The summed E-state index contributed by atoms with van der Waals surface area (Å²) in [4.78, 5) is 0. The molecule has 1 aromatic carbocycles. The number of rotatable bonds is 1. The van der Waals surface area contributed by atoms with Crippen LogP contribution in [-0.4, -0.2) is 10.2 Å². The molecule has 0 amide bonds. The highest BCUT2D eigenvalue weighted by Crippen LogP contribution is 2.25. The Morgan fingerprint density at radius 2 is 1.69 bits per heavy atom. The predicted molar refractivity (Wildman–Crippen MR) is 63.4 cm³/mol. The van der Waals surface area contributed by atoms with Gasteiger partial charge in [0, 0.05) is 5.56 Å². The number of hydrogen-bond acceptors (Lipinski definition) is 3. The van der Waals surface area contributed by atoms with Gasteiger partial charge in [-0.3, -0.25) is 0 Å². The van der Waals surface area contributed by atoms with Crippen LogP contribution in [0.2, 0.25) is 5.35 Å². The molecule has 0 radical (unpaired) electrons. The summed E-state index contributed by atoms with van der Waals surface area (Å²) in [5.41, 5.74) is 2.29. The van der Waals surface area contributed by atoms with Crippen LogP contribution in [0, 0.1) is 0 Å². The summed E-state index contributed by atoms with van der Waals surface area (Å²) >= 11 is 5.57. The Labute approximate surface area is 99.5 Å². The third kappa shape index (κ3) is 2.25. The van der Waals surface area contributed by atoms with E-state index in [1.54, 1.807) is 0 Å². The fourth-order valence-corrected chi connectivity index (χ4v) is 1.55. The van der Waals surface area contributed by atoms with Crippen molar-refractivity contribution in [2.45, 2.75) is 26.2 Å². The molecule has 0 bridgehead atoms. The zero-order valence-corrected chi connectivity index (χ0v) is 10.2. The van der Waals surface area contributed by atoms with Crippen LogP contribution in [-0.2, 0) is 5.41 Å². The van der Waals surface area contributed by atoms with Crippen LogP contribution >= 0.6 is 11.6 Å². The number of hydrogen-bond donors (Lipinski definition) is 0. The fraction of sp³-hybridized carbons (Fsp3) is 0.333. The van der Waals surface area contributed by atoms with E-state index < -0.39 is 0 Å². The third-order valence-corrected chi connectivity index (χ3v) is 2.55. The van der Waals surface area contributed by atoms with E-state index in [0.717, 1.165) is 5.56 Å². The quantitative estimate of drug-likeness (QED) is 0.758. The second-order valence-electron chi connectivity index (χ2n) is 4.69. The van der Waals surface area contributed by atoms with Gasteiger partial charge in [-0.05, 0) is 34.7 Å². The fourth-order valence-electron chi connectivity index (χ4n) is 1.43. The van der Waals surface area contributed by atoms with Crippen LogP contribution in [0.4, 0.5) is 0 Å². The minimum absolute atomic E-state index is 0.0647. The zero-order valence-electron chi connectivity index (χ0n) is 9.49. The molecule has 2 aromatic rings. The summed E-state index contributed by atoms with van der Waals surface area (Å²) < 4.78 is 5.14. The standard InChI is InChI=1S/C12H13ClN2O/c1-12(2,3)9-6-4-8(5-7-9)10-14-15-11(13)16-10/h4-7H,1-3H3. The van der Waals surface area contributed by atoms with Crippen LogP contribution in [0.15, 0.2) is 28.7 Å². The molecule has 0 fully saturated rings. The summed E-state index contributed by atoms with van der Waals surface area (Å²) in [6.45, 7) is 6.52. The maximum atomic E-state index is 5.57. The van der Waals surface area contributed by atoms with Crippen molar-refractivity contribution in [3.63, 3.8) is 0 Å². The van der Waals surface area contributed by atoms with Crippen LogP contribution in [0.5, 0.6) is 0 Å². The number of nitrogens with zero attached hydrogens (tertiary/aromatic N) is 2. The molecule has 2 rings (SSSR count). The van der Waals surface area contributed by atoms with Gasteiger partial charge in [0.15, 0.2) is 0 Å². The molecule has 0 aliphatic carbocycles. The Bertz CT molecular complexity index is 482. The molecule has 3 nitrogen and oxygen atoms in total. The van der Waals surface area contributed by atoms with E-state index in [1.165, 1.54) is 5.56 Å². The van der Waals surface area contributed by atoms with Gasteiger partial charge in [-0.2, -0.15) is 0 Å². The van der Waals surface area contributed by atoms with Crippen molar-refractivity contribution in [3.05, 3.63) is 35.2 Å². The molecule has 16 heavy (non-hydrogen) atoms. The second kappa shape index (κ2) is 3.91. The van der Waals surface area contributed by atoms with Gasteiger partial charge < -0.3 is 4.42 Å². The van der Waals surface area contributed by atoms with Crippen LogP contribution in [0.3, 0.4) is 0 Å². The van der Waals surface area contributed by atoms with Crippen molar-refractivity contribution in [1.29, 1.82) is 0 Å². The number of benzene rings is 1. The van der Waals surface area contributed by atoms with E-state index in [-0.39, 0.29) is 10.8 Å².